The molecular formula is C17H19FN6O3. The molecule has 3 heterocycles. The average Bonchev–Trinajstić information content (AvgIpc) is 3.28. The molecule has 0 aromatic carbocycles. The first-order valence-corrected chi connectivity index (χ1v) is 8.92. The maximum absolute atomic E-state index is 14.5. The molecule has 1 aliphatic rings. The van der Waals surface area contributed by atoms with E-state index in [0.717, 1.165) is 36.6 Å². The number of carbonyl (C=O) groups is 1. The van der Waals surface area contributed by atoms with Gasteiger partial charge in [0.15, 0.2) is 11.0 Å². The maximum Gasteiger partial charge on any atom is 0.338 e. The minimum atomic E-state index is -1.16. The third-order valence-corrected chi connectivity index (χ3v) is 5.27. The number of nitrogens with one attached hydrogen (secondary N) is 1. The topological polar surface area (TPSA) is 119 Å². The van der Waals surface area contributed by atoms with Crippen LogP contribution in [0.4, 0.5) is 4.39 Å². The Kier molecular flexibility index (Phi) is 4.25. The summed E-state index contributed by atoms with van der Waals surface area (Å²) in [5.74, 6) is -1.72. The number of aromatic amines is 1. The Morgan fingerprint density at radius 2 is 2.11 bits per heavy atom. The molecule has 0 saturated heterocycles. The number of carboxylic acids is 1. The van der Waals surface area contributed by atoms with Gasteiger partial charge in [0.05, 0.1) is 17.8 Å². The van der Waals surface area contributed by atoms with Crippen LogP contribution < -0.4 is 5.56 Å². The van der Waals surface area contributed by atoms with Gasteiger partial charge in [-0.05, 0) is 25.7 Å². The van der Waals surface area contributed by atoms with Gasteiger partial charge in [-0.25, -0.2) is 14.5 Å². The summed E-state index contributed by atoms with van der Waals surface area (Å²) in [7, 11) is 0. The summed E-state index contributed by atoms with van der Waals surface area (Å²) in [5, 5.41) is 16.8. The average molecular weight is 374 g/mol. The molecule has 3 aromatic heterocycles. The van der Waals surface area contributed by atoms with E-state index in [4.69, 9.17) is 5.11 Å². The van der Waals surface area contributed by atoms with Crippen LogP contribution >= 0.6 is 0 Å². The second kappa shape index (κ2) is 6.60. The number of H-pyrrole nitrogens is 1. The third-order valence-electron chi connectivity index (χ3n) is 5.27. The molecule has 1 fully saturated rings. The molecule has 9 nitrogen and oxygen atoms in total. The van der Waals surface area contributed by atoms with E-state index in [9.17, 15) is 14.0 Å². The van der Waals surface area contributed by atoms with E-state index in [0.29, 0.717) is 5.92 Å². The summed E-state index contributed by atoms with van der Waals surface area (Å²) in [6.07, 6.45) is 7.82. The number of aromatic carboxylic acids is 1. The molecule has 142 valence electrons. The third kappa shape index (κ3) is 3.00. The number of rotatable bonds is 4. The standard InChI is InChI=1S/C17H19FN6O3/c1-9(10-5-3-2-4-6-10)24-13-12(14(18)22-24)20-17(21-15(13)25)23-8-11(7-19-23)16(26)27/h7-10H,2-6H2,1H3,(H,26,27)(H,20,21,25)/t9-/m1/s1. The van der Waals surface area contributed by atoms with Crippen LogP contribution in [0.5, 0.6) is 0 Å². The molecule has 0 amide bonds. The summed E-state index contributed by atoms with van der Waals surface area (Å²) in [5.41, 5.74) is -0.676. The van der Waals surface area contributed by atoms with Crippen molar-refractivity contribution >= 4 is 17.0 Å². The lowest BCUT2D eigenvalue weighted by Crippen LogP contribution is -2.23. The van der Waals surface area contributed by atoms with Crippen molar-refractivity contribution in [3.05, 3.63) is 34.3 Å². The normalized spacial score (nSPS) is 16.7. The number of fused-ring (bicyclic) bond motifs is 1. The summed E-state index contributed by atoms with van der Waals surface area (Å²) in [4.78, 5) is 30.3. The van der Waals surface area contributed by atoms with Gasteiger partial charge in [-0.15, -0.1) is 5.10 Å². The number of carboxylic acid groups (broad SMARTS) is 1. The highest BCUT2D eigenvalue weighted by atomic mass is 19.1. The van der Waals surface area contributed by atoms with Gasteiger partial charge in [0.2, 0.25) is 5.95 Å². The second-order valence-corrected chi connectivity index (χ2v) is 6.94. The Morgan fingerprint density at radius 3 is 2.78 bits per heavy atom. The lowest BCUT2D eigenvalue weighted by Gasteiger charge is -2.27. The van der Waals surface area contributed by atoms with Crippen LogP contribution in [0.2, 0.25) is 0 Å². The van der Waals surface area contributed by atoms with Gasteiger partial charge in [0, 0.05) is 6.20 Å². The zero-order valence-corrected chi connectivity index (χ0v) is 14.7. The number of halogens is 1. The van der Waals surface area contributed by atoms with Crippen LogP contribution in [-0.2, 0) is 0 Å². The summed E-state index contributed by atoms with van der Waals surface area (Å²) >= 11 is 0. The highest BCUT2D eigenvalue weighted by molar-refractivity contribution is 5.87. The zero-order chi connectivity index (χ0) is 19.1. The minimum absolute atomic E-state index is 0.0660. The number of aromatic nitrogens is 6. The number of hydrogen-bond donors (Lipinski definition) is 2. The lowest BCUT2D eigenvalue weighted by atomic mass is 9.84. The van der Waals surface area contributed by atoms with Crippen LogP contribution in [0.15, 0.2) is 17.2 Å². The van der Waals surface area contributed by atoms with Crippen LogP contribution in [0, 0.1) is 11.9 Å². The molecule has 2 N–H and O–H groups in total. The zero-order valence-electron chi connectivity index (χ0n) is 14.7. The molecular weight excluding hydrogens is 355 g/mol. The van der Waals surface area contributed by atoms with Gasteiger partial charge < -0.3 is 5.11 Å². The quantitative estimate of drug-likeness (QED) is 0.723. The van der Waals surface area contributed by atoms with Crippen molar-refractivity contribution in [3.63, 3.8) is 0 Å². The fourth-order valence-electron chi connectivity index (χ4n) is 3.77. The van der Waals surface area contributed by atoms with Crippen LogP contribution in [-0.4, -0.2) is 40.6 Å². The van der Waals surface area contributed by atoms with Crippen molar-refractivity contribution in [1.82, 2.24) is 29.5 Å². The van der Waals surface area contributed by atoms with Crippen molar-refractivity contribution < 1.29 is 14.3 Å². The van der Waals surface area contributed by atoms with Crippen molar-refractivity contribution in [3.8, 4) is 5.95 Å². The molecule has 0 unspecified atom stereocenters. The van der Waals surface area contributed by atoms with E-state index in [1.807, 2.05) is 6.92 Å². The van der Waals surface area contributed by atoms with Crippen molar-refractivity contribution in [1.29, 1.82) is 0 Å². The highest BCUT2D eigenvalue weighted by Crippen LogP contribution is 2.33. The molecule has 0 bridgehead atoms. The summed E-state index contributed by atoms with van der Waals surface area (Å²) < 4.78 is 17.0. The fourth-order valence-corrected chi connectivity index (χ4v) is 3.77. The summed E-state index contributed by atoms with van der Waals surface area (Å²) in [6, 6.07) is -0.116. The van der Waals surface area contributed by atoms with Gasteiger partial charge in [0.1, 0.15) is 0 Å². The van der Waals surface area contributed by atoms with Gasteiger partial charge in [0.25, 0.3) is 11.5 Å². The molecule has 0 spiro atoms. The predicted octanol–water partition coefficient (Wildman–Crippen LogP) is 2.28. The maximum atomic E-state index is 14.5. The number of hydrogen-bond acceptors (Lipinski definition) is 5. The Balaban J connectivity index is 1.78. The largest absolute Gasteiger partial charge is 0.478 e. The molecule has 3 aromatic rings. The highest BCUT2D eigenvalue weighted by Gasteiger charge is 2.27. The van der Waals surface area contributed by atoms with Crippen LogP contribution in [0.25, 0.3) is 17.0 Å². The van der Waals surface area contributed by atoms with E-state index in [1.165, 1.54) is 17.3 Å². The van der Waals surface area contributed by atoms with E-state index in [-0.39, 0.29) is 28.6 Å². The first-order chi connectivity index (χ1) is 13.0. The fraction of sp³-hybridized carbons (Fsp3) is 0.471. The molecule has 10 heteroatoms. The van der Waals surface area contributed by atoms with Crippen LogP contribution in [0.1, 0.15) is 55.4 Å². The monoisotopic (exact) mass is 374 g/mol. The lowest BCUT2D eigenvalue weighted by molar-refractivity contribution is 0.0697. The molecule has 4 rings (SSSR count). The van der Waals surface area contributed by atoms with E-state index >= 15 is 0 Å². The van der Waals surface area contributed by atoms with E-state index < -0.39 is 17.5 Å². The Bertz CT molecular complexity index is 1060. The molecule has 0 aliphatic heterocycles. The second-order valence-electron chi connectivity index (χ2n) is 6.94. The Morgan fingerprint density at radius 1 is 1.37 bits per heavy atom. The molecule has 1 saturated carbocycles. The van der Waals surface area contributed by atoms with Crippen LogP contribution in [0.3, 0.4) is 0 Å². The van der Waals surface area contributed by atoms with Gasteiger partial charge >= 0.3 is 5.97 Å². The molecule has 1 aliphatic carbocycles. The van der Waals surface area contributed by atoms with Gasteiger partial charge in [-0.2, -0.15) is 9.49 Å². The van der Waals surface area contributed by atoms with Crippen molar-refractivity contribution in [2.24, 2.45) is 5.92 Å². The Hall–Kier alpha value is -3.04. The van der Waals surface area contributed by atoms with E-state index in [1.54, 1.807) is 0 Å². The minimum Gasteiger partial charge on any atom is -0.478 e. The SMILES string of the molecule is C[C@H](C1CCCCC1)n1nc(F)c2nc(-n3cc(C(=O)O)cn3)[nH]c(=O)c21. The number of nitrogens with zero attached hydrogens (tertiary/aromatic N) is 5. The summed E-state index contributed by atoms with van der Waals surface area (Å²) in [6.45, 7) is 1.95. The Labute approximate surface area is 152 Å². The first-order valence-electron chi connectivity index (χ1n) is 8.92. The molecule has 27 heavy (non-hydrogen) atoms. The molecule has 0 radical (unpaired) electrons. The smallest absolute Gasteiger partial charge is 0.338 e. The first kappa shape index (κ1) is 17.4. The van der Waals surface area contributed by atoms with Crippen molar-refractivity contribution in [2.75, 3.05) is 0 Å². The predicted molar refractivity (Wildman–Crippen MR) is 93.5 cm³/mol. The van der Waals surface area contributed by atoms with Gasteiger partial charge in [-0.3, -0.25) is 14.5 Å². The van der Waals surface area contributed by atoms with Crippen molar-refractivity contribution in [2.45, 2.75) is 45.1 Å². The van der Waals surface area contributed by atoms with Gasteiger partial charge in [-0.1, -0.05) is 19.3 Å². The molecule has 1 atom stereocenters. The van der Waals surface area contributed by atoms with E-state index in [2.05, 4.69) is 20.2 Å².